The first-order valence-corrected chi connectivity index (χ1v) is 9.77. The Balaban J connectivity index is 1.95. The summed E-state index contributed by atoms with van der Waals surface area (Å²) < 4.78 is 0. The van der Waals surface area contributed by atoms with Gasteiger partial charge in [0.05, 0.1) is 0 Å². The summed E-state index contributed by atoms with van der Waals surface area (Å²) in [5.74, 6) is 0.590. The molecule has 0 amide bonds. The summed E-state index contributed by atoms with van der Waals surface area (Å²) >= 11 is 0. The zero-order valence-corrected chi connectivity index (χ0v) is 16.0. The predicted molar refractivity (Wildman–Crippen MR) is 116 cm³/mol. The van der Waals surface area contributed by atoms with E-state index in [2.05, 4.69) is 55.5 Å². The van der Waals surface area contributed by atoms with E-state index < -0.39 is 0 Å². The minimum Gasteiger partial charge on any atom is -0.508 e. The Morgan fingerprint density at radius 2 is 1.43 bits per heavy atom. The minimum atomic E-state index is 0.153. The number of hydrogen-bond acceptors (Lipinski definition) is 2. The van der Waals surface area contributed by atoms with Crippen molar-refractivity contribution in [3.63, 3.8) is 0 Å². The van der Waals surface area contributed by atoms with Crippen molar-refractivity contribution < 1.29 is 10.2 Å². The molecule has 0 saturated carbocycles. The Morgan fingerprint density at radius 3 is 2.21 bits per heavy atom. The Labute approximate surface area is 165 Å². The van der Waals surface area contributed by atoms with Gasteiger partial charge >= 0.3 is 0 Å². The number of phenols is 2. The number of benzene rings is 4. The molecule has 140 valence electrons. The van der Waals surface area contributed by atoms with Gasteiger partial charge in [0, 0.05) is 5.92 Å². The molecular formula is C26H24O2. The lowest BCUT2D eigenvalue weighted by Gasteiger charge is -2.23. The summed E-state index contributed by atoms with van der Waals surface area (Å²) in [6, 6.07) is 27.9. The number of rotatable bonds is 5. The molecule has 0 bridgehead atoms. The van der Waals surface area contributed by atoms with Crippen LogP contribution in [0.25, 0.3) is 21.9 Å². The van der Waals surface area contributed by atoms with Gasteiger partial charge in [0.25, 0.3) is 0 Å². The van der Waals surface area contributed by atoms with Crippen molar-refractivity contribution in [1.29, 1.82) is 0 Å². The molecule has 1 unspecified atom stereocenters. The van der Waals surface area contributed by atoms with Gasteiger partial charge in [-0.2, -0.15) is 0 Å². The number of aromatic hydroxyl groups is 2. The maximum atomic E-state index is 10.4. The monoisotopic (exact) mass is 368 g/mol. The van der Waals surface area contributed by atoms with Crippen LogP contribution in [0.1, 0.15) is 36.8 Å². The summed E-state index contributed by atoms with van der Waals surface area (Å²) in [4.78, 5) is 0. The summed E-state index contributed by atoms with van der Waals surface area (Å²) in [5.41, 5.74) is 4.77. The molecule has 0 aliphatic rings. The van der Waals surface area contributed by atoms with Crippen molar-refractivity contribution in [2.45, 2.75) is 25.7 Å². The highest BCUT2D eigenvalue weighted by Crippen LogP contribution is 2.41. The summed E-state index contributed by atoms with van der Waals surface area (Å²) in [6.07, 6.45) is 2.01. The number of fused-ring (bicyclic) bond motifs is 1. The van der Waals surface area contributed by atoms with E-state index in [-0.39, 0.29) is 17.4 Å². The normalized spacial score (nSPS) is 12.2. The van der Waals surface area contributed by atoms with Crippen molar-refractivity contribution in [1.82, 2.24) is 0 Å². The largest absolute Gasteiger partial charge is 0.508 e. The highest BCUT2D eigenvalue weighted by Gasteiger charge is 2.20. The van der Waals surface area contributed by atoms with Gasteiger partial charge < -0.3 is 10.2 Å². The van der Waals surface area contributed by atoms with Crippen molar-refractivity contribution in [3.05, 3.63) is 96.1 Å². The van der Waals surface area contributed by atoms with E-state index in [9.17, 15) is 10.2 Å². The molecule has 0 spiro atoms. The molecule has 0 radical (unpaired) electrons. The molecule has 4 aromatic carbocycles. The maximum absolute atomic E-state index is 10.4. The Hall–Kier alpha value is -3.26. The molecule has 2 heteroatoms. The van der Waals surface area contributed by atoms with Gasteiger partial charge in [0.15, 0.2) is 0 Å². The molecule has 1 atom stereocenters. The first-order chi connectivity index (χ1) is 13.7. The zero-order chi connectivity index (χ0) is 19.5. The van der Waals surface area contributed by atoms with Crippen LogP contribution < -0.4 is 0 Å². The average Bonchev–Trinajstić information content (AvgIpc) is 2.72. The lowest BCUT2D eigenvalue weighted by Crippen LogP contribution is -2.04. The molecule has 0 saturated heterocycles. The molecule has 4 aromatic rings. The fourth-order valence-corrected chi connectivity index (χ4v) is 4.11. The second-order valence-electron chi connectivity index (χ2n) is 7.23. The van der Waals surface area contributed by atoms with Gasteiger partial charge in [-0.15, -0.1) is 0 Å². The first kappa shape index (κ1) is 18.1. The van der Waals surface area contributed by atoms with Crippen molar-refractivity contribution in [3.8, 4) is 22.6 Å². The smallest absolute Gasteiger partial charge is 0.116 e. The SMILES string of the molecule is CCCC(c1ccccc1-c1ccccc1)c1cc(O)cc2cc(O)ccc12. The summed E-state index contributed by atoms with van der Waals surface area (Å²) in [6.45, 7) is 2.19. The van der Waals surface area contributed by atoms with Crippen LogP contribution in [0.15, 0.2) is 84.9 Å². The molecule has 0 aliphatic carbocycles. The van der Waals surface area contributed by atoms with E-state index in [1.807, 2.05) is 18.2 Å². The highest BCUT2D eigenvalue weighted by molar-refractivity contribution is 5.89. The van der Waals surface area contributed by atoms with Crippen LogP contribution in [0.3, 0.4) is 0 Å². The van der Waals surface area contributed by atoms with Gasteiger partial charge in [-0.3, -0.25) is 0 Å². The van der Waals surface area contributed by atoms with Crippen LogP contribution in [0, 0.1) is 0 Å². The zero-order valence-electron chi connectivity index (χ0n) is 16.0. The summed E-state index contributed by atoms with van der Waals surface area (Å²) in [7, 11) is 0. The molecule has 4 rings (SSSR count). The van der Waals surface area contributed by atoms with E-state index in [1.165, 1.54) is 16.7 Å². The quantitative estimate of drug-likeness (QED) is 0.404. The van der Waals surface area contributed by atoms with Crippen LogP contribution in [-0.4, -0.2) is 10.2 Å². The van der Waals surface area contributed by atoms with Gasteiger partial charge in [0.2, 0.25) is 0 Å². The fraction of sp³-hybridized carbons (Fsp3) is 0.154. The van der Waals surface area contributed by atoms with Crippen molar-refractivity contribution in [2.75, 3.05) is 0 Å². The molecule has 0 aliphatic heterocycles. The fourth-order valence-electron chi connectivity index (χ4n) is 4.11. The number of hydrogen-bond donors (Lipinski definition) is 2. The van der Waals surface area contributed by atoms with Gasteiger partial charge in [-0.05, 0) is 63.7 Å². The van der Waals surface area contributed by atoms with Crippen LogP contribution in [-0.2, 0) is 0 Å². The van der Waals surface area contributed by atoms with Crippen LogP contribution in [0.4, 0.5) is 0 Å². The molecule has 2 nitrogen and oxygen atoms in total. The average molecular weight is 368 g/mol. The molecule has 0 fully saturated rings. The molecule has 28 heavy (non-hydrogen) atoms. The Bertz CT molecular complexity index is 1090. The lowest BCUT2D eigenvalue weighted by atomic mass is 9.81. The molecule has 2 N–H and O–H groups in total. The third-order valence-electron chi connectivity index (χ3n) is 5.33. The Kier molecular flexibility index (Phi) is 5.03. The van der Waals surface area contributed by atoms with Crippen LogP contribution >= 0.6 is 0 Å². The first-order valence-electron chi connectivity index (χ1n) is 9.77. The van der Waals surface area contributed by atoms with Gasteiger partial charge in [-0.1, -0.05) is 74.0 Å². The predicted octanol–water partition coefficient (Wildman–Crippen LogP) is 6.85. The van der Waals surface area contributed by atoms with E-state index in [1.54, 1.807) is 18.2 Å². The third kappa shape index (κ3) is 3.46. The molecule has 0 heterocycles. The minimum absolute atomic E-state index is 0.153. The van der Waals surface area contributed by atoms with Crippen molar-refractivity contribution in [2.24, 2.45) is 0 Å². The second-order valence-corrected chi connectivity index (χ2v) is 7.23. The van der Waals surface area contributed by atoms with E-state index in [0.29, 0.717) is 0 Å². The lowest BCUT2D eigenvalue weighted by molar-refractivity contribution is 0.473. The summed E-state index contributed by atoms with van der Waals surface area (Å²) in [5, 5.41) is 22.2. The van der Waals surface area contributed by atoms with E-state index >= 15 is 0 Å². The number of phenolic OH excluding ortho intramolecular Hbond substituents is 2. The van der Waals surface area contributed by atoms with Gasteiger partial charge in [0.1, 0.15) is 11.5 Å². The van der Waals surface area contributed by atoms with Crippen LogP contribution in [0.5, 0.6) is 11.5 Å². The van der Waals surface area contributed by atoms with E-state index in [0.717, 1.165) is 29.2 Å². The highest BCUT2D eigenvalue weighted by atomic mass is 16.3. The van der Waals surface area contributed by atoms with Crippen LogP contribution in [0.2, 0.25) is 0 Å². The molecular weight excluding hydrogens is 344 g/mol. The topological polar surface area (TPSA) is 40.5 Å². The van der Waals surface area contributed by atoms with Crippen molar-refractivity contribution >= 4 is 10.8 Å². The molecule has 0 aromatic heterocycles. The second kappa shape index (κ2) is 7.77. The third-order valence-corrected chi connectivity index (χ3v) is 5.33. The van der Waals surface area contributed by atoms with E-state index in [4.69, 9.17) is 0 Å². The van der Waals surface area contributed by atoms with Gasteiger partial charge in [-0.25, -0.2) is 0 Å². The standard InChI is InChI=1S/C26H24O2/c1-2-8-24(25-12-7-6-11-22(25)18-9-4-3-5-10-18)26-17-21(28)16-19-15-20(27)13-14-23(19)26/h3-7,9-17,24,27-28H,2,8H2,1H3. The maximum Gasteiger partial charge on any atom is 0.116 e. The Morgan fingerprint density at radius 1 is 0.714 bits per heavy atom.